The molecule has 0 aliphatic carbocycles. The third kappa shape index (κ3) is 4.46. The first-order chi connectivity index (χ1) is 19.0. The van der Waals surface area contributed by atoms with Crippen LogP contribution in [0.2, 0.25) is 0 Å². The van der Waals surface area contributed by atoms with E-state index in [1.165, 1.54) is 18.3 Å². The summed E-state index contributed by atoms with van der Waals surface area (Å²) >= 11 is 1.54. The van der Waals surface area contributed by atoms with Gasteiger partial charge in [-0.2, -0.15) is 10.2 Å². The van der Waals surface area contributed by atoms with Crippen molar-refractivity contribution in [1.82, 2.24) is 24.7 Å². The molecule has 3 aromatic heterocycles. The Balaban J connectivity index is 1.60. The molecule has 2 N–H and O–H groups in total. The van der Waals surface area contributed by atoms with Crippen molar-refractivity contribution in [3.63, 3.8) is 0 Å². The van der Waals surface area contributed by atoms with Gasteiger partial charge < -0.3 is 10.1 Å². The SMILES string of the molecule is COc1ccc2c(c1)c(CCNC(C)=O)c1sc(-c3c(-c4ccccc4)cnn(-c4ccccc4)c3=N)nn12. The molecule has 8 nitrogen and oxygen atoms in total. The van der Waals surface area contributed by atoms with Crippen molar-refractivity contribution in [3.8, 4) is 33.1 Å². The van der Waals surface area contributed by atoms with Gasteiger partial charge in [0.2, 0.25) is 5.91 Å². The summed E-state index contributed by atoms with van der Waals surface area (Å²) < 4.78 is 9.07. The third-order valence-electron chi connectivity index (χ3n) is 6.66. The van der Waals surface area contributed by atoms with E-state index in [2.05, 4.69) is 10.4 Å². The van der Waals surface area contributed by atoms with Gasteiger partial charge in [-0.15, -0.1) is 0 Å². The quantitative estimate of drug-likeness (QED) is 0.293. The lowest BCUT2D eigenvalue weighted by Crippen LogP contribution is -2.23. The van der Waals surface area contributed by atoms with E-state index >= 15 is 0 Å². The highest BCUT2D eigenvalue weighted by Crippen LogP contribution is 2.38. The predicted octanol–water partition coefficient (Wildman–Crippen LogP) is 5.24. The van der Waals surface area contributed by atoms with Crippen molar-refractivity contribution in [3.05, 3.63) is 96.1 Å². The normalized spacial score (nSPS) is 11.2. The molecular weight excluding hydrogens is 508 g/mol. The van der Waals surface area contributed by atoms with Crippen LogP contribution in [0.3, 0.4) is 0 Å². The van der Waals surface area contributed by atoms with Gasteiger partial charge in [-0.05, 0) is 47.9 Å². The Bertz CT molecular complexity index is 1870. The van der Waals surface area contributed by atoms with E-state index in [0.29, 0.717) is 18.5 Å². The van der Waals surface area contributed by atoms with Gasteiger partial charge in [-0.1, -0.05) is 59.9 Å². The monoisotopic (exact) mass is 534 g/mol. The maximum Gasteiger partial charge on any atom is 0.216 e. The lowest BCUT2D eigenvalue weighted by Gasteiger charge is -2.12. The van der Waals surface area contributed by atoms with Crippen molar-refractivity contribution < 1.29 is 9.53 Å². The van der Waals surface area contributed by atoms with Gasteiger partial charge in [-0.3, -0.25) is 10.2 Å². The molecular formula is C30H26N6O2S. The summed E-state index contributed by atoms with van der Waals surface area (Å²) in [6, 6.07) is 25.6. The molecule has 0 radical (unpaired) electrons. The number of benzene rings is 3. The summed E-state index contributed by atoms with van der Waals surface area (Å²) in [6.45, 7) is 2.03. The van der Waals surface area contributed by atoms with Crippen molar-refractivity contribution in [2.45, 2.75) is 13.3 Å². The Hall–Kier alpha value is -4.76. The van der Waals surface area contributed by atoms with Crippen LogP contribution < -0.4 is 15.5 Å². The van der Waals surface area contributed by atoms with Crippen molar-refractivity contribution >= 4 is 33.0 Å². The summed E-state index contributed by atoms with van der Waals surface area (Å²) in [5.41, 5.74) is 5.61. The van der Waals surface area contributed by atoms with Crippen LogP contribution in [-0.4, -0.2) is 39.0 Å². The predicted molar refractivity (Wildman–Crippen MR) is 153 cm³/mol. The van der Waals surface area contributed by atoms with E-state index in [4.69, 9.17) is 9.84 Å². The van der Waals surface area contributed by atoms with Gasteiger partial charge in [0.05, 0.1) is 30.1 Å². The van der Waals surface area contributed by atoms with Gasteiger partial charge in [0.1, 0.15) is 10.6 Å². The van der Waals surface area contributed by atoms with E-state index in [0.717, 1.165) is 48.9 Å². The standard InChI is InChI=1S/C30H26N6O2S/c1-19(37)32-16-15-23-24-17-22(38-2)13-14-26(24)36-30(23)39-29(34-36)27-25(20-9-5-3-6-10-20)18-33-35(28(27)31)21-11-7-4-8-12-21/h3-14,17-18,31H,15-16H2,1-2H3,(H,32,37). The minimum atomic E-state index is -0.0639. The number of nitrogens with zero attached hydrogens (tertiary/aromatic N) is 4. The minimum Gasteiger partial charge on any atom is -0.497 e. The molecule has 0 aliphatic heterocycles. The number of fused-ring (bicyclic) bond motifs is 3. The number of hydrogen-bond acceptors (Lipinski definition) is 6. The molecule has 3 aromatic carbocycles. The molecule has 39 heavy (non-hydrogen) atoms. The van der Waals surface area contributed by atoms with Crippen LogP contribution in [0.25, 0.3) is 43.1 Å². The summed E-state index contributed by atoms with van der Waals surface area (Å²) in [5.74, 6) is 0.700. The molecule has 3 heterocycles. The van der Waals surface area contributed by atoms with E-state index in [-0.39, 0.29) is 11.4 Å². The molecule has 6 aromatic rings. The van der Waals surface area contributed by atoms with Crippen LogP contribution in [-0.2, 0) is 11.2 Å². The maximum absolute atomic E-state index is 11.6. The van der Waals surface area contributed by atoms with Gasteiger partial charge >= 0.3 is 0 Å². The minimum absolute atomic E-state index is 0.0639. The molecule has 0 fully saturated rings. The Morgan fingerprint density at radius 2 is 1.79 bits per heavy atom. The number of ether oxygens (including phenoxy) is 1. The largest absolute Gasteiger partial charge is 0.497 e. The first-order valence-electron chi connectivity index (χ1n) is 12.6. The number of aromatic nitrogens is 4. The van der Waals surface area contributed by atoms with Gasteiger partial charge in [0.25, 0.3) is 0 Å². The number of carbonyl (C=O) groups excluding carboxylic acids is 1. The Morgan fingerprint density at radius 3 is 2.51 bits per heavy atom. The van der Waals surface area contributed by atoms with Crippen molar-refractivity contribution in [2.24, 2.45) is 0 Å². The lowest BCUT2D eigenvalue weighted by molar-refractivity contribution is -0.118. The molecule has 1 amide bonds. The van der Waals surface area contributed by atoms with Gasteiger partial charge in [-0.25, -0.2) is 9.20 Å². The highest BCUT2D eigenvalue weighted by atomic mass is 32.1. The number of nitrogens with one attached hydrogen (secondary N) is 2. The number of carbonyl (C=O) groups is 1. The summed E-state index contributed by atoms with van der Waals surface area (Å²) in [7, 11) is 1.65. The molecule has 9 heteroatoms. The smallest absolute Gasteiger partial charge is 0.216 e. The van der Waals surface area contributed by atoms with Crippen molar-refractivity contribution in [2.75, 3.05) is 13.7 Å². The van der Waals surface area contributed by atoms with E-state index in [1.807, 2.05) is 89.6 Å². The number of hydrogen-bond donors (Lipinski definition) is 2. The fourth-order valence-corrected chi connectivity index (χ4v) is 6.00. The topological polar surface area (TPSA) is 97.3 Å². The van der Waals surface area contributed by atoms with Crippen molar-refractivity contribution in [1.29, 1.82) is 5.41 Å². The van der Waals surface area contributed by atoms with Crippen LogP contribution in [0.4, 0.5) is 0 Å². The second kappa shape index (κ2) is 10.2. The van der Waals surface area contributed by atoms with E-state index in [9.17, 15) is 10.2 Å². The fourth-order valence-electron chi connectivity index (χ4n) is 4.82. The number of methoxy groups -OCH3 is 1. The second-order valence-corrected chi connectivity index (χ2v) is 10.1. The zero-order valence-corrected chi connectivity index (χ0v) is 22.3. The lowest BCUT2D eigenvalue weighted by atomic mass is 10.0. The molecule has 0 aliphatic rings. The van der Waals surface area contributed by atoms with Crippen LogP contribution in [0.1, 0.15) is 12.5 Å². The summed E-state index contributed by atoms with van der Waals surface area (Å²) in [4.78, 5) is 12.5. The number of rotatable bonds is 7. The molecule has 0 saturated heterocycles. The maximum atomic E-state index is 11.6. The number of para-hydroxylation sites is 1. The molecule has 0 unspecified atom stereocenters. The average Bonchev–Trinajstić information content (AvgIpc) is 3.51. The highest BCUT2D eigenvalue weighted by molar-refractivity contribution is 7.20. The molecule has 0 saturated carbocycles. The second-order valence-electron chi connectivity index (χ2n) is 9.11. The number of amides is 1. The zero-order valence-electron chi connectivity index (χ0n) is 21.5. The summed E-state index contributed by atoms with van der Waals surface area (Å²) in [6.07, 6.45) is 2.45. The van der Waals surface area contributed by atoms with E-state index < -0.39 is 0 Å². The van der Waals surface area contributed by atoms with Gasteiger partial charge in [0.15, 0.2) is 10.5 Å². The summed E-state index contributed by atoms with van der Waals surface area (Å²) in [5, 5.41) is 23.6. The molecule has 0 spiro atoms. The molecule has 0 bridgehead atoms. The fraction of sp³-hybridized carbons (Fsp3) is 0.133. The average molecular weight is 535 g/mol. The first kappa shape index (κ1) is 24.6. The Labute approximate surface area is 228 Å². The van der Waals surface area contributed by atoms with Crippen LogP contribution in [0.15, 0.2) is 85.1 Å². The molecule has 194 valence electrons. The molecule has 6 rings (SSSR count). The van der Waals surface area contributed by atoms with E-state index in [1.54, 1.807) is 11.8 Å². The van der Waals surface area contributed by atoms with Crippen LogP contribution in [0.5, 0.6) is 5.75 Å². The third-order valence-corrected chi connectivity index (χ3v) is 7.75. The molecule has 0 atom stereocenters. The zero-order chi connectivity index (χ0) is 26.9. The van der Waals surface area contributed by atoms with Crippen LogP contribution >= 0.6 is 11.3 Å². The Morgan fingerprint density at radius 1 is 1.05 bits per heavy atom. The van der Waals surface area contributed by atoms with Crippen LogP contribution in [0, 0.1) is 5.41 Å². The van der Waals surface area contributed by atoms with Gasteiger partial charge in [0, 0.05) is 24.4 Å². The first-order valence-corrected chi connectivity index (χ1v) is 13.4. The highest BCUT2D eigenvalue weighted by Gasteiger charge is 2.22. The Kier molecular flexibility index (Phi) is 6.42.